The Morgan fingerprint density at radius 2 is 0.304 bits per heavy atom. The molecule has 0 aromatic heterocycles. The highest BCUT2D eigenvalue weighted by Crippen LogP contribution is 2.86. The Morgan fingerprint density at radius 3 is 0.370 bits per heavy atom. The number of rotatable bonds is 16. The summed E-state index contributed by atoms with van der Waals surface area (Å²) >= 11 is 0. The van der Waals surface area contributed by atoms with Crippen LogP contribution in [0.1, 0.15) is 96.5 Å². The first-order chi connectivity index (χ1) is 15.6. The second kappa shape index (κ2) is 38.6. The molecule has 16 nitrogen and oxygen atoms in total. The molecule has 0 amide bonds. The molecule has 21 heteroatoms. The van der Waals surface area contributed by atoms with E-state index in [2.05, 4.69) is 156 Å². The lowest BCUT2D eigenvalue weighted by Gasteiger charge is -2.16. The van der Waals surface area contributed by atoms with Gasteiger partial charge in [0.1, 0.15) is 0 Å². The Hall–Kier alpha value is -2.61. The normalized spacial score (nSPS) is 8.52. The molecule has 0 aromatic rings. The van der Waals surface area contributed by atoms with Gasteiger partial charge < -0.3 is 0 Å². The van der Waals surface area contributed by atoms with Gasteiger partial charge in [-0.2, -0.15) is 0 Å². The second-order valence-corrected chi connectivity index (χ2v) is 16.4. The van der Waals surface area contributed by atoms with Crippen LogP contribution in [0.2, 0.25) is 0 Å². The molecule has 0 aliphatic heterocycles. The van der Waals surface area contributed by atoms with E-state index in [0.717, 1.165) is 0 Å². The highest BCUT2D eigenvalue weighted by molar-refractivity contribution is 7.89. The molecule has 0 fully saturated rings. The Balaban J connectivity index is -0.0000000656. The number of hydrogen-bond donors (Lipinski definition) is 0. The van der Waals surface area contributed by atoms with Gasteiger partial charge in [-0.15, -0.1) is 0 Å². The topological polar surface area (TPSA) is 198 Å². The van der Waals surface area contributed by atoms with E-state index in [1.54, 1.807) is 0 Å². The molecule has 0 N–H and O–H groups in total. The quantitative estimate of drug-likeness (QED) is 0.107. The maximum Gasteiger partial charge on any atom is 0.509 e. The van der Waals surface area contributed by atoms with Crippen molar-refractivity contribution < 1.29 is 0 Å². The van der Waals surface area contributed by atoms with Crippen LogP contribution in [0.5, 0.6) is 0 Å². The van der Waals surface area contributed by atoms with Gasteiger partial charge in [0, 0.05) is 0 Å². The van der Waals surface area contributed by atoms with E-state index < -0.39 is 37.9 Å². The first kappa shape index (κ1) is 90.3. The van der Waals surface area contributed by atoms with Crippen LogP contribution in [0.25, 0.3) is 0 Å². The Labute approximate surface area is 289 Å². The summed E-state index contributed by atoms with van der Waals surface area (Å²) in [6.07, 6.45) is 0. The SMILES string of the molecule is C.C.C.C.C.C.C.C.C.C.C.C.C.C=NP(N=C)(N=C)=N[P+](N=P(N=C)(N=C)N=C)(N=P(N=C)(N=C)N=C)N=P(N=C)(N=C)N=C. The third-order valence-electron chi connectivity index (χ3n) is 3.24. The van der Waals surface area contributed by atoms with Crippen LogP contribution in [0.4, 0.5) is 0 Å². The maximum atomic E-state index is 4.51. The molecule has 0 bridgehead atoms. The van der Waals surface area contributed by atoms with Gasteiger partial charge >= 0.3 is 37.9 Å². The average molecular weight is 756 g/mol. The third-order valence-corrected chi connectivity index (χ3v) is 15.5. The Bertz CT molecular complexity index is 877. The molecule has 0 spiro atoms. The van der Waals surface area contributed by atoms with E-state index in [9.17, 15) is 0 Å². The molecule has 0 heterocycles. The van der Waals surface area contributed by atoms with Crippen molar-refractivity contribution >= 4 is 119 Å². The largest absolute Gasteiger partial charge is 0.509 e. The second-order valence-electron chi connectivity index (χ2n) is 4.74. The lowest BCUT2D eigenvalue weighted by molar-refractivity contribution is 1.45. The summed E-state index contributed by atoms with van der Waals surface area (Å²) in [7, 11) is -18.0. The summed E-state index contributed by atoms with van der Waals surface area (Å²) in [6, 6.07) is 0. The van der Waals surface area contributed by atoms with E-state index in [0.29, 0.717) is 0 Å². The van der Waals surface area contributed by atoms with E-state index >= 15 is 0 Å². The Morgan fingerprint density at radius 1 is 0.217 bits per heavy atom. The van der Waals surface area contributed by atoms with Crippen LogP contribution in [-0.4, -0.2) is 80.6 Å². The summed E-state index contributed by atoms with van der Waals surface area (Å²) in [5.74, 6) is 0. The minimum atomic E-state index is -4.09. The molecular weight excluding hydrogens is 679 g/mol. The van der Waals surface area contributed by atoms with Crippen molar-refractivity contribution in [1.82, 2.24) is 0 Å². The molecule has 0 atom stereocenters. The highest BCUT2D eigenvalue weighted by atomic mass is 31.3. The van der Waals surface area contributed by atoms with E-state index in [1.165, 1.54) is 0 Å². The van der Waals surface area contributed by atoms with Gasteiger partial charge in [-0.3, -0.25) is 0 Å². The standard InChI is InChI=1S/C12H24N16P5.13CH4/c1-13-29(14-2,15-3)25-33(26-30(16-4,17-5)18-6,27-31(19-7,20-8)21-9)28-32(22-10,23-11)24-12;;;;;;;;;;;;;/h1-12H2;13*1H4/q+1;;;;;;;;;;;;;. The highest BCUT2D eigenvalue weighted by Gasteiger charge is 2.52. The van der Waals surface area contributed by atoms with Crippen LogP contribution >= 0.6 is 37.9 Å². The Kier molecular flexibility index (Phi) is 75.7. The van der Waals surface area contributed by atoms with Crippen LogP contribution in [0.15, 0.2) is 75.2 Å². The molecule has 0 saturated heterocycles. The van der Waals surface area contributed by atoms with E-state index in [4.69, 9.17) is 0 Å². The molecule has 0 rings (SSSR count). The number of nitrogens with zero attached hydrogens (tertiary/aromatic N) is 16. The first-order valence-electron chi connectivity index (χ1n) is 7.79. The molecule has 46 heavy (non-hydrogen) atoms. The van der Waals surface area contributed by atoms with Gasteiger partial charge in [-0.1, -0.05) is 96.5 Å². The summed E-state index contributed by atoms with van der Waals surface area (Å²) in [5.41, 5.74) is 0. The smallest absolute Gasteiger partial charge is 0.218 e. The predicted octanol–water partition coefficient (Wildman–Crippen LogP) is 15.1. The number of hydrogen-bond acceptors (Lipinski definition) is 4. The fraction of sp³-hybridized carbons (Fsp3) is 0.520. The molecule has 0 unspecified atom stereocenters. The first-order valence-corrected chi connectivity index (χ1v) is 15.8. The van der Waals surface area contributed by atoms with Crippen molar-refractivity contribution in [2.75, 3.05) is 0 Å². The van der Waals surface area contributed by atoms with Gasteiger partial charge in [-0.05, 0) is 98.7 Å². The monoisotopic (exact) mass is 756 g/mol. The molecule has 0 aliphatic rings. The van der Waals surface area contributed by atoms with E-state index in [1.807, 2.05) is 0 Å². The summed E-state index contributed by atoms with van der Waals surface area (Å²) < 4.78 is 64.5. The fourth-order valence-corrected chi connectivity index (χ4v) is 13.4. The average Bonchev–Trinajstić information content (AvgIpc) is 2.88. The van der Waals surface area contributed by atoms with E-state index in [-0.39, 0.29) is 96.5 Å². The van der Waals surface area contributed by atoms with Crippen molar-refractivity contribution in [3.8, 4) is 0 Å². The van der Waals surface area contributed by atoms with Crippen molar-refractivity contribution in [2.45, 2.75) is 96.5 Å². The van der Waals surface area contributed by atoms with Crippen molar-refractivity contribution in [1.29, 1.82) is 0 Å². The van der Waals surface area contributed by atoms with Crippen molar-refractivity contribution in [2.24, 2.45) is 75.2 Å². The molecule has 0 radical (unpaired) electrons. The summed E-state index contributed by atoms with van der Waals surface area (Å²) in [6.45, 7) is 41.6. The summed E-state index contributed by atoms with van der Waals surface area (Å²) in [4.78, 5) is 0. The molecule has 0 aliphatic carbocycles. The van der Waals surface area contributed by atoms with Gasteiger partial charge in [-0.25, -0.2) is 57.2 Å². The zero-order valence-electron chi connectivity index (χ0n) is 17.9. The van der Waals surface area contributed by atoms with Crippen LogP contribution in [0, 0.1) is 0 Å². The van der Waals surface area contributed by atoms with Gasteiger partial charge in [0.05, 0.1) is 0 Å². The summed E-state index contributed by atoms with van der Waals surface area (Å²) in [5, 5.41) is 0. The zero-order valence-corrected chi connectivity index (χ0v) is 22.3. The van der Waals surface area contributed by atoms with Crippen molar-refractivity contribution in [3.63, 3.8) is 0 Å². The minimum absolute atomic E-state index is 0. The van der Waals surface area contributed by atoms with Crippen molar-refractivity contribution in [3.05, 3.63) is 0 Å². The van der Waals surface area contributed by atoms with Gasteiger partial charge in [0.15, 0.2) is 0 Å². The lowest BCUT2D eigenvalue weighted by Crippen LogP contribution is -1.83. The fourth-order valence-electron chi connectivity index (χ4n) is 1.63. The zero-order chi connectivity index (χ0) is 25.8. The molecule has 280 valence electrons. The molecule has 0 aromatic carbocycles. The van der Waals surface area contributed by atoms with Crippen LogP contribution in [-0.2, 0) is 0 Å². The third kappa shape index (κ3) is 20.5. The predicted molar refractivity (Wildman–Crippen MR) is 246 cm³/mol. The molecular formula is C25H76N16P5+. The van der Waals surface area contributed by atoms with Crippen LogP contribution in [0.3, 0.4) is 0 Å². The molecule has 0 saturated carbocycles. The van der Waals surface area contributed by atoms with Gasteiger partial charge in [0.25, 0.3) is 0 Å². The van der Waals surface area contributed by atoms with Crippen LogP contribution < -0.4 is 0 Å². The van der Waals surface area contributed by atoms with Gasteiger partial charge in [0.2, 0.25) is 0 Å². The maximum absolute atomic E-state index is 4.51. The lowest BCUT2D eigenvalue weighted by atomic mass is 11.8. The minimum Gasteiger partial charge on any atom is -0.218 e.